The van der Waals surface area contributed by atoms with Gasteiger partial charge in [-0.25, -0.2) is 0 Å². The van der Waals surface area contributed by atoms with Crippen molar-refractivity contribution in [2.75, 3.05) is 4.90 Å². The third-order valence-corrected chi connectivity index (χ3v) is 5.71. The van der Waals surface area contributed by atoms with Gasteiger partial charge in [-0.2, -0.15) is 0 Å². The van der Waals surface area contributed by atoms with Gasteiger partial charge in [-0.05, 0) is 48.9 Å². The molecule has 0 unspecified atom stereocenters. The monoisotopic (exact) mass is 411 g/mol. The molecule has 1 fully saturated rings. The van der Waals surface area contributed by atoms with Crippen molar-refractivity contribution in [1.29, 1.82) is 0 Å². The number of carbonyl (C=O) groups excluding carboxylic acids is 1. The highest BCUT2D eigenvalue weighted by atomic mass is 35.5. The van der Waals surface area contributed by atoms with Crippen molar-refractivity contribution in [2.24, 2.45) is 0 Å². The number of anilines is 1. The molecule has 3 nitrogen and oxygen atoms in total. The molecule has 1 aromatic heterocycles. The number of nitrogens with zero attached hydrogens (tertiary/aromatic N) is 1. The maximum Gasteiger partial charge on any atom is 0.270 e. The van der Waals surface area contributed by atoms with Crippen LogP contribution in [0.15, 0.2) is 70.0 Å². The van der Waals surface area contributed by atoms with Gasteiger partial charge in [-0.3, -0.25) is 9.69 Å². The van der Waals surface area contributed by atoms with Crippen LogP contribution < -0.4 is 4.90 Å². The van der Waals surface area contributed by atoms with E-state index >= 15 is 0 Å². The van der Waals surface area contributed by atoms with Gasteiger partial charge in [0.25, 0.3) is 5.91 Å². The molecule has 3 aromatic rings. The van der Waals surface area contributed by atoms with Crippen molar-refractivity contribution in [3.8, 4) is 11.3 Å². The van der Waals surface area contributed by atoms with Gasteiger partial charge in [0, 0.05) is 16.7 Å². The van der Waals surface area contributed by atoms with Crippen LogP contribution in [0.1, 0.15) is 11.3 Å². The van der Waals surface area contributed by atoms with E-state index in [1.54, 1.807) is 6.08 Å². The molecule has 0 aliphatic carbocycles. The molecule has 0 spiro atoms. The number of furan rings is 1. The highest BCUT2D eigenvalue weighted by Crippen LogP contribution is 2.37. The molecular weight excluding hydrogens is 398 g/mol. The number of thioether (sulfide) groups is 1. The average Bonchev–Trinajstić information content (AvgIpc) is 3.23. The predicted molar refractivity (Wildman–Crippen MR) is 116 cm³/mol. The lowest BCUT2D eigenvalue weighted by atomic mass is 10.1. The van der Waals surface area contributed by atoms with Crippen LogP contribution in [-0.2, 0) is 4.79 Å². The minimum atomic E-state index is -0.145. The molecule has 0 atom stereocenters. The summed E-state index contributed by atoms with van der Waals surface area (Å²) < 4.78 is 6.44. The fourth-order valence-corrected chi connectivity index (χ4v) is 4.28. The second-order valence-electron chi connectivity index (χ2n) is 6.01. The number of benzene rings is 2. The lowest BCUT2D eigenvalue weighted by Gasteiger charge is -2.13. The normalized spacial score (nSPS) is 15.8. The van der Waals surface area contributed by atoms with E-state index in [1.165, 1.54) is 16.7 Å². The minimum Gasteiger partial charge on any atom is -0.457 e. The summed E-state index contributed by atoms with van der Waals surface area (Å²) in [5.74, 6) is 1.16. The molecule has 134 valence electrons. The quantitative estimate of drug-likeness (QED) is 0.373. The zero-order valence-electron chi connectivity index (χ0n) is 14.3. The summed E-state index contributed by atoms with van der Waals surface area (Å²) in [6.07, 6.45) is 1.73. The number of carbonyl (C=O) groups is 1. The Bertz CT molecular complexity index is 1070. The number of aryl methyl sites for hydroxylation is 1. The fourth-order valence-electron chi connectivity index (χ4n) is 2.83. The molecule has 0 radical (unpaired) electrons. The zero-order valence-corrected chi connectivity index (χ0v) is 16.7. The van der Waals surface area contributed by atoms with Crippen LogP contribution in [0.2, 0.25) is 5.02 Å². The van der Waals surface area contributed by atoms with E-state index in [2.05, 4.69) is 0 Å². The van der Waals surface area contributed by atoms with Crippen LogP contribution in [0.3, 0.4) is 0 Å². The van der Waals surface area contributed by atoms with E-state index in [4.69, 9.17) is 28.2 Å². The molecule has 4 rings (SSSR count). The Balaban J connectivity index is 1.63. The molecule has 1 saturated heterocycles. The summed E-state index contributed by atoms with van der Waals surface area (Å²) in [5, 5.41) is 0.650. The molecule has 2 heterocycles. The number of thiocarbonyl (C=S) groups is 1. The summed E-state index contributed by atoms with van der Waals surface area (Å²) in [7, 11) is 0. The lowest BCUT2D eigenvalue weighted by molar-refractivity contribution is -0.113. The van der Waals surface area contributed by atoms with Gasteiger partial charge in [-0.1, -0.05) is 59.8 Å². The van der Waals surface area contributed by atoms with Crippen molar-refractivity contribution in [2.45, 2.75) is 6.92 Å². The van der Waals surface area contributed by atoms with Crippen LogP contribution in [0.4, 0.5) is 5.69 Å². The summed E-state index contributed by atoms with van der Waals surface area (Å²) in [6, 6.07) is 18.8. The number of para-hydroxylation sites is 1. The zero-order chi connectivity index (χ0) is 19.0. The van der Waals surface area contributed by atoms with Crippen LogP contribution in [0, 0.1) is 6.92 Å². The van der Waals surface area contributed by atoms with Gasteiger partial charge in [0.15, 0.2) is 4.32 Å². The van der Waals surface area contributed by atoms with Crippen LogP contribution in [0.25, 0.3) is 17.4 Å². The first-order valence-electron chi connectivity index (χ1n) is 8.22. The fraction of sp³-hybridized carbons (Fsp3) is 0.0476. The Morgan fingerprint density at radius 1 is 1.11 bits per heavy atom. The van der Waals surface area contributed by atoms with E-state index in [1.807, 2.05) is 67.6 Å². The molecule has 0 N–H and O–H groups in total. The van der Waals surface area contributed by atoms with Gasteiger partial charge in [0.05, 0.1) is 10.6 Å². The van der Waals surface area contributed by atoms with Gasteiger partial charge in [0.1, 0.15) is 11.5 Å². The molecule has 1 aliphatic heterocycles. The van der Waals surface area contributed by atoms with Crippen molar-refractivity contribution in [3.63, 3.8) is 0 Å². The van der Waals surface area contributed by atoms with E-state index in [9.17, 15) is 4.79 Å². The van der Waals surface area contributed by atoms with Crippen LogP contribution >= 0.6 is 35.6 Å². The minimum absolute atomic E-state index is 0.145. The number of rotatable bonds is 3. The summed E-state index contributed by atoms with van der Waals surface area (Å²) >= 11 is 12.8. The Kier molecular flexibility index (Phi) is 4.91. The average molecular weight is 412 g/mol. The smallest absolute Gasteiger partial charge is 0.270 e. The van der Waals surface area contributed by atoms with E-state index in [-0.39, 0.29) is 5.91 Å². The van der Waals surface area contributed by atoms with E-state index < -0.39 is 0 Å². The van der Waals surface area contributed by atoms with Crippen molar-refractivity contribution in [3.05, 3.63) is 81.9 Å². The number of amides is 1. The molecule has 2 aromatic carbocycles. The molecule has 1 amide bonds. The highest BCUT2D eigenvalue weighted by molar-refractivity contribution is 8.27. The van der Waals surface area contributed by atoms with Crippen LogP contribution in [0.5, 0.6) is 0 Å². The van der Waals surface area contributed by atoms with Crippen LogP contribution in [-0.4, -0.2) is 10.2 Å². The van der Waals surface area contributed by atoms with Gasteiger partial charge in [-0.15, -0.1) is 0 Å². The maximum absolute atomic E-state index is 12.8. The molecule has 6 heteroatoms. The number of halogens is 1. The summed E-state index contributed by atoms with van der Waals surface area (Å²) in [4.78, 5) is 14.9. The van der Waals surface area contributed by atoms with E-state index in [0.717, 1.165) is 16.8 Å². The third-order valence-electron chi connectivity index (χ3n) is 4.17. The number of hydrogen-bond acceptors (Lipinski definition) is 4. The predicted octanol–water partition coefficient (Wildman–Crippen LogP) is 6.31. The van der Waals surface area contributed by atoms with Crippen molar-refractivity contribution >= 4 is 57.6 Å². The Labute approximate surface area is 171 Å². The summed E-state index contributed by atoms with van der Waals surface area (Å²) in [6.45, 7) is 2.00. The standard InChI is InChI=1S/C21H14ClNO2S2/c1-13-7-8-14(22)11-17(13)18-10-9-16(25-18)12-19-20(24)23(21(26)27-19)15-5-3-2-4-6-15/h2-12H,1H3/b19-12+. The van der Waals surface area contributed by atoms with Gasteiger partial charge in [0.2, 0.25) is 0 Å². The molecule has 0 saturated carbocycles. The molecule has 1 aliphatic rings. The third kappa shape index (κ3) is 3.58. The lowest BCUT2D eigenvalue weighted by Crippen LogP contribution is -2.27. The number of hydrogen-bond donors (Lipinski definition) is 0. The van der Waals surface area contributed by atoms with Gasteiger partial charge >= 0.3 is 0 Å². The largest absolute Gasteiger partial charge is 0.457 e. The molecule has 27 heavy (non-hydrogen) atoms. The first-order valence-corrected chi connectivity index (χ1v) is 9.82. The van der Waals surface area contributed by atoms with Crippen molar-refractivity contribution in [1.82, 2.24) is 0 Å². The first-order chi connectivity index (χ1) is 13.0. The SMILES string of the molecule is Cc1ccc(Cl)cc1-c1ccc(/C=C2/SC(=S)N(c3ccccc3)C2=O)o1. The maximum atomic E-state index is 12.8. The summed E-state index contributed by atoms with van der Waals surface area (Å²) in [5.41, 5.74) is 2.76. The Hall–Kier alpha value is -2.34. The van der Waals surface area contributed by atoms with Crippen molar-refractivity contribution < 1.29 is 9.21 Å². The first kappa shape index (κ1) is 18.0. The second-order valence-corrected chi connectivity index (χ2v) is 8.13. The Morgan fingerprint density at radius 2 is 1.89 bits per heavy atom. The van der Waals surface area contributed by atoms with E-state index in [0.29, 0.717) is 25.8 Å². The molecule has 0 bridgehead atoms. The Morgan fingerprint density at radius 3 is 2.67 bits per heavy atom. The second kappa shape index (κ2) is 7.35. The highest BCUT2D eigenvalue weighted by Gasteiger charge is 2.33. The molecular formula is C21H14ClNO2S2. The topological polar surface area (TPSA) is 33.5 Å². The van der Waals surface area contributed by atoms with Gasteiger partial charge < -0.3 is 4.42 Å².